The second-order valence-corrected chi connectivity index (χ2v) is 5.66. The van der Waals surface area contributed by atoms with Crippen molar-refractivity contribution in [1.82, 2.24) is 4.90 Å². The molecule has 0 fully saturated rings. The first kappa shape index (κ1) is 15.2. The number of rotatable bonds is 7. The van der Waals surface area contributed by atoms with Crippen molar-refractivity contribution in [2.24, 2.45) is 0 Å². The van der Waals surface area contributed by atoms with E-state index in [9.17, 15) is 4.79 Å². The highest BCUT2D eigenvalue weighted by atomic mass is 32.1. The Morgan fingerprint density at radius 1 is 1.44 bits per heavy atom. The van der Waals surface area contributed by atoms with Crippen molar-refractivity contribution < 1.29 is 9.90 Å². The highest BCUT2D eigenvalue weighted by Crippen LogP contribution is 2.24. The Balaban J connectivity index is 2.78. The molecule has 1 N–H and O–H groups in total. The van der Waals surface area contributed by atoms with Crippen molar-refractivity contribution in [2.45, 2.75) is 40.0 Å². The van der Waals surface area contributed by atoms with Crippen molar-refractivity contribution in [3.63, 3.8) is 0 Å². The Labute approximate surface area is 113 Å². The van der Waals surface area contributed by atoms with Gasteiger partial charge in [-0.1, -0.05) is 13.3 Å². The molecule has 1 heterocycles. The minimum Gasteiger partial charge on any atom is -0.396 e. The third-order valence-electron chi connectivity index (χ3n) is 3.01. The molecule has 0 bridgehead atoms. The van der Waals surface area contributed by atoms with Gasteiger partial charge in [0, 0.05) is 24.6 Å². The van der Waals surface area contributed by atoms with Gasteiger partial charge < -0.3 is 10.0 Å². The van der Waals surface area contributed by atoms with Gasteiger partial charge in [-0.3, -0.25) is 4.79 Å². The van der Waals surface area contributed by atoms with Gasteiger partial charge in [0.15, 0.2) is 0 Å². The largest absolute Gasteiger partial charge is 0.396 e. The summed E-state index contributed by atoms with van der Waals surface area (Å²) < 4.78 is 0. The molecule has 0 spiro atoms. The summed E-state index contributed by atoms with van der Waals surface area (Å²) >= 11 is 1.59. The van der Waals surface area contributed by atoms with Gasteiger partial charge in [0.25, 0.3) is 5.91 Å². The van der Waals surface area contributed by atoms with E-state index in [-0.39, 0.29) is 12.5 Å². The first-order valence-electron chi connectivity index (χ1n) is 6.63. The maximum atomic E-state index is 12.3. The lowest BCUT2D eigenvalue weighted by Crippen LogP contribution is -2.31. The topological polar surface area (TPSA) is 40.5 Å². The Bertz CT molecular complexity index is 387. The number of carbonyl (C=O) groups is 1. The van der Waals surface area contributed by atoms with E-state index < -0.39 is 0 Å². The molecule has 0 aromatic carbocycles. The highest BCUT2D eigenvalue weighted by molar-refractivity contribution is 7.14. The lowest BCUT2D eigenvalue weighted by Gasteiger charge is -2.19. The maximum absolute atomic E-state index is 12.3. The van der Waals surface area contributed by atoms with E-state index in [1.54, 1.807) is 16.2 Å². The molecule has 0 unspecified atom stereocenters. The Kier molecular flexibility index (Phi) is 6.36. The molecule has 1 aromatic rings. The quantitative estimate of drug-likeness (QED) is 0.827. The van der Waals surface area contributed by atoms with Gasteiger partial charge in [-0.05, 0) is 38.3 Å². The van der Waals surface area contributed by atoms with Gasteiger partial charge >= 0.3 is 0 Å². The summed E-state index contributed by atoms with van der Waals surface area (Å²) in [5, 5.41) is 8.85. The number of aliphatic hydroxyl groups excluding tert-OH is 1. The number of hydrogen-bond acceptors (Lipinski definition) is 3. The molecule has 0 saturated heterocycles. The van der Waals surface area contributed by atoms with Crippen LogP contribution in [0.3, 0.4) is 0 Å². The van der Waals surface area contributed by atoms with Gasteiger partial charge in [0.2, 0.25) is 0 Å². The van der Waals surface area contributed by atoms with Crippen molar-refractivity contribution in [1.29, 1.82) is 0 Å². The van der Waals surface area contributed by atoms with Gasteiger partial charge in [0.05, 0.1) is 4.88 Å². The van der Waals surface area contributed by atoms with Crippen LogP contribution in [0.2, 0.25) is 0 Å². The monoisotopic (exact) mass is 269 g/mol. The van der Waals surface area contributed by atoms with Crippen LogP contribution in [0.25, 0.3) is 0 Å². The molecule has 0 aliphatic carbocycles. The predicted octanol–water partition coefficient (Wildman–Crippen LogP) is 2.85. The molecule has 1 aromatic heterocycles. The van der Waals surface area contributed by atoms with Crippen molar-refractivity contribution in [3.05, 3.63) is 21.4 Å². The number of hydrogen-bond donors (Lipinski definition) is 1. The maximum Gasteiger partial charge on any atom is 0.263 e. The smallest absolute Gasteiger partial charge is 0.263 e. The van der Waals surface area contributed by atoms with E-state index in [0.29, 0.717) is 19.5 Å². The van der Waals surface area contributed by atoms with E-state index in [4.69, 9.17) is 5.11 Å². The molecule has 3 nitrogen and oxygen atoms in total. The lowest BCUT2D eigenvalue weighted by molar-refractivity contribution is 0.0759. The SMILES string of the molecule is CCCc1cc(C(=O)N(CC)CCCO)sc1C. The molecule has 0 radical (unpaired) electrons. The summed E-state index contributed by atoms with van der Waals surface area (Å²) in [6.07, 6.45) is 2.79. The molecular formula is C14H23NO2S. The number of thiophene rings is 1. The van der Waals surface area contributed by atoms with E-state index in [1.165, 1.54) is 10.4 Å². The van der Waals surface area contributed by atoms with Crippen LogP contribution in [0.15, 0.2) is 6.07 Å². The summed E-state index contributed by atoms with van der Waals surface area (Å²) in [7, 11) is 0. The molecule has 18 heavy (non-hydrogen) atoms. The molecule has 1 amide bonds. The molecular weight excluding hydrogens is 246 g/mol. The van der Waals surface area contributed by atoms with Crippen LogP contribution in [-0.4, -0.2) is 35.6 Å². The summed E-state index contributed by atoms with van der Waals surface area (Å²) in [5.41, 5.74) is 1.30. The van der Waals surface area contributed by atoms with E-state index in [0.717, 1.165) is 17.7 Å². The van der Waals surface area contributed by atoms with Gasteiger partial charge in [-0.2, -0.15) is 0 Å². The second kappa shape index (κ2) is 7.54. The van der Waals surface area contributed by atoms with Gasteiger partial charge in [0.1, 0.15) is 0 Å². The zero-order chi connectivity index (χ0) is 13.5. The Hall–Kier alpha value is -0.870. The first-order chi connectivity index (χ1) is 8.63. The fourth-order valence-electron chi connectivity index (χ4n) is 1.96. The molecule has 0 aliphatic rings. The minimum atomic E-state index is 0.0985. The van der Waals surface area contributed by atoms with Crippen molar-refractivity contribution in [3.8, 4) is 0 Å². The van der Waals surface area contributed by atoms with Crippen LogP contribution in [0.1, 0.15) is 46.8 Å². The van der Waals surface area contributed by atoms with E-state index in [1.807, 2.05) is 13.0 Å². The van der Waals surface area contributed by atoms with Crippen LogP contribution >= 0.6 is 11.3 Å². The van der Waals surface area contributed by atoms with Crippen LogP contribution < -0.4 is 0 Å². The number of carbonyl (C=O) groups excluding carboxylic acids is 1. The van der Waals surface area contributed by atoms with Crippen LogP contribution in [-0.2, 0) is 6.42 Å². The summed E-state index contributed by atoms with van der Waals surface area (Å²) in [4.78, 5) is 16.2. The van der Waals surface area contributed by atoms with Crippen molar-refractivity contribution in [2.75, 3.05) is 19.7 Å². The van der Waals surface area contributed by atoms with Crippen LogP contribution in [0, 0.1) is 6.92 Å². The van der Waals surface area contributed by atoms with Crippen LogP contribution in [0.4, 0.5) is 0 Å². The first-order valence-corrected chi connectivity index (χ1v) is 7.45. The summed E-state index contributed by atoms with van der Waals surface area (Å²) in [5.74, 6) is 0.0985. The number of amides is 1. The zero-order valence-corrected chi connectivity index (χ0v) is 12.3. The van der Waals surface area contributed by atoms with Gasteiger partial charge in [-0.25, -0.2) is 0 Å². The third kappa shape index (κ3) is 3.82. The lowest BCUT2D eigenvalue weighted by atomic mass is 10.1. The molecule has 4 heteroatoms. The average Bonchev–Trinajstić information content (AvgIpc) is 2.72. The minimum absolute atomic E-state index is 0.0985. The Morgan fingerprint density at radius 3 is 2.72 bits per heavy atom. The fourth-order valence-corrected chi connectivity index (χ4v) is 3.00. The molecule has 0 saturated carbocycles. The second-order valence-electron chi connectivity index (χ2n) is 4.40. The third-order valence-corrected chi connectivity index (χ3v) is 4.09. The number of aliphatic hydroxyl groups is 1. The van der Waals surface area contributed by atoms with Gasteiger partial charge in [-0.15, -0.1) is 11.3 Å². The summed E-state index contributed by atoms with van der Waals surface area (Å²) in [6.45, 7) is 7.66. The standard InChI is InChI=1S/C14H23NO2S/c1-4-7-12-10-13(18-11(12)3)14(17)15(5-2)8-6-9-16/h10,16H,4-9H2,1-3H3. The van der Waals surface area contributed by atoms with E-state index in [2.05, 4.69) is 13.8 Å². The highest BCUT2D eigenvalue weighted by Gasteiger charge is 2.17. The van der Waals surface area contributed by atoms with Crippen LogP contribution in [0.5, 0.6) is 0 Å². The normalized spacial score (nSPS) is 10.7. The van der Waals surface area contributed by atoms with Crippen molar-refractivity contribution >= 4 is 17.2 Å². The molecule has 102 valence electrons. The predicted molar refractivity (Wildman–Crippen MR) is 76.3 cm³/mol. The molecule has 0 aliphatic heterocycles. The number of aryl methyl sites for hydroxylation is 2. The molecule has 1 rings (SSSR count). The molecule has 0 atom stereocenters. The Morgan fingerprint density at radius 2 is 2.17 bits per heavy atom. The van der Waals surface area contributed by atoms with E-state index >= 15 is 0 Å². The zero-order valence-electron chi connectivity index (χ0n) is 11.5. The fraction of sp³-hybridized carbons (Fsp3) is 0.643. The average molecular weight is 269 g/mol. The summed E-state index contributed by atoms with van der Waals surface area (Å²) in [6, 6.07) is 2.04. The number of nitrogens with zero attached hydrogens (tertiary/aromatic N) is 1.